The summed E-state index contributed by atoms with van der Waals surface area (Å²) in [4.78, 5) is 10.5. The van der Waals surface area contributed by atoms with Crippen LogP contribution in [0.2, 0.25) is 0 Å². The Morgan fingerprint density at radius 3 is 2.53 bits per heavy atom. The van der Waals surface area contributed by atoms with Crippen molar-refractivity contribution in [2.24, 2.45) is 0 Å². The van der Waals surface area contributed by atoms with Crippen LogP contribution in [-0.2, 0) is 4.79 Å². The number of aromatic hydroxyl groups is 1. The summed E-state index contributed by atoms with van der Waals surface area (Å²) in [6, 6.07) is 2.82. The Kier molecular flexibility index (Phi) is 3.16. The summed E-state index contributed by atoms with van der Waals surface area (Å²) >= 11 is 0. The number of carboxylic acids is 1. The maximum absolute atomic E-state index is 10.5. The summed E-state index contributed by atoms with van der Waals surface area (Å²) in [6.45, 7) is 1.58. The minimum absolute atomic E-state index is 0.0409. The van der Waals surface area contributed by atoms with Gasteiger partial charge in [0.05, 0.1) is 7.11 Å². The van der Waals surface area contributed by atoms with Crippen LogP contribution in [0.4, 0.5) is 0 Å². The molecule has 1 rings (SSSR count). The molecule has 0 fully saturated rings. The number of phenolic OH excluding ortho intramolecular Hbond substituents is 1. The van der Waals surface area contributed by atoms with Gasteiger partial charge in [0.2, 0.25) is 0 Å². The van der Waals surface area contributed by atoms with Gasteiger partial charge >= 0.3 is 5.97 Å². The number of methoxy groups -OCH3 is 1. The molecule has 0 aliphatic rings. The van der Waals surface area contributed by atoms with Gasteiger partial charge < -0.3 is 20.1 Å². The summed E-state index contributed by atoms with van der Waals surface area (Å²) < 4.78 is 4.93. The molecule has 0 amide bonds. The Morgan fingerprint density at radius 2 is 2.07 bits per heavy atom. The zero-order chi connectivity index (χ0) is 11.6. The van der Waals surface area contributed by atoms with Crippen molar-refractivity contribution in [3.05, 3.63) is 23.3 Å². The van der Waals surface area contributed by atoms with Crippen LogP contribution in [-0.4, -0.2) is 28.4 Å². The average Bonchev–Trinajstić information content (AvgIpc) is 2.21. The third-order valence-corrected chi connectivity index (χ3v) is 2.16. The van der Waals surface area contributed by atoms with E-state index in [1.54, 1.807) is 6.92 Å². The Bertz CT molecular complexity index is 386. The quantitative estimate of drug-likeness (QED) is 0.690. The van der Waals surface area contributed by atoms with Gasteiger partial charge in [-0.1, -0.05) is 0 Å². The highest BCUT2D eigenvalue weighted by Crippen LogP contribution is 2.33. The van der Waals surface area contributed by atoms with Crippen molar-refractivity contribution in [2.45, 2.75) is 13.0 Å². The lowest BCUT2D eigenvalue weighted by molar-refractivity contribution is -0.147. The van der Waals surface area contributed by atoms with Gasteiger partial charge in [-0.15, -0.1) is 0 Å². The van der Waals surface area contributed by atoms with Crippen molar-refractivity contribution in [1.82, 2.24) is 0 Å². The smallest absolute Gasteiger partial charge is 0.337 e. The number of carbonyl (C=O) groups is 1. The van der Waals surface area contributed by atoms with Gasteiger partial charge in [-0.3, -0.25) is 0 Å². The lowest BCUT2D eigenvalue weighted by atomic mass is 10.0. The normalized spacial score (nSPS) is 12.2. The number of phenols is 1. The number of aliphatic carboxylic acids is 1. The predicted molar refractivity (Wildman–Crippen MR) is 52.0 cm³/mol. The number of hydrogen-bond acceptors (Lipinski definition) is 4. The first-order valence-electron chi connectivity index (χ1n) is 4.26. The maximum Gasteiger partial charge on any atom is 0.337 e. The molecule has 0 saturated heterocycles. The third-order valence-electron chi connectivity index (χ3n) is 2.16. The van der Waals surface area contributed by atoms with Crippen molar-refractivity contribution in [3.8, 4) is 11.5 Å². The highest BCUT2D eigenvalue weighted by molar-refractivity contribution is 5.75. The molecule has 1 atom stereocenters. The molecule has 0 aliphatic carbocycles. The topological polar surface area (TPSA) is 87.0 Å². The second-order valence-electron chi connectivity index (χ2n) is 3.07. The number of hydrogen-bond donors (Lipinski definition) is 3. The van der Waals surface area contributed by atoms with Crippen molar-refractivity contribution >= 4 is 5.97 Å². The van der Waals surface area contributed by atoms with E-state index in [9.17, 15) is 15.0 Å². The fraction of sp³-hybridized carbons (Fsp3) is 0.300. The van der Waals surface area contributed by atoms with Crippen LogP contribution in [0, 0.1) is 6.92 Å². The van der Waals surface area contributed by atoms with Crippen LogP contribution in [0.5, 0.6) is 11.5 Å². The molecule has 15 heavy (non-hydrogen) atoms. The van der Waals surface area contributed by atoms with Gasteiger partial charge in [-0.2, -0.15) is 0 Å². The summed E-state index contributed by atoms with van der Waals surface area (Å²) in [5.74, 6) is -1.23. The molecule has 0 aromatic heterocycles. The van der Waals surface area contributed by atoms with E-state index in [2.05, 4.69) is 0 Å². The number of aliphatic hydroxyl groups is 1. The van der Waals surface area contributed by atoms with Gasteiger partial charge in [0.1, 0.15) is 11.5 Å². The van der Waals surface area contributed by atoms with Gasteiger partial charge in [-0.25, -0.2) is 4.79 Å². The minimum Gasteiger partial charge on any atom is -0.507 e. The molecule has 1 aromatic rings. The van der Waals surface area contributed by atoms with E-state index >= 15 is 0 Å². The van der Waals surface area contributed by atoms with Gasteiger partial charge in [0.25, 0.3) is 0 Å². The fourth-order valence-electron chi connectivity index (χ4n) is 1.28. The third kappa shape index (κ3) is 2.02. The SMILES string of the molecule is COc1ccc(C(O)C(=O)O)c(O)c1C. The lowest BCUT2D eigenvalue weighted by Gasteiger charge is -2.12. The summed E-state index contributed by atoms with van der Waals surface area (Å²) in [5, 5.41) is 27.5. The first kappa shape index (κ1) is 11.3. The molecule has 1 aromatic carbocycles. The minimum atomic E-state index is -1.73. The summed E-state index contributed by atoms with van der Waals surface area (Å²) in [5.41, 5.74) is 0.358. The van der Waals surface area contributed by atoms with Crippen LogP contribution in [0.1, 0.15) is 17.2 Å². The molecular weight excluding hydrogens is 200 g/mol. The van der Waals surface area contributed by atoms with Gasteiger partial charge in [0, 0.05) is 11.1 Å². The first-order valence-corrected chi connectivity index (χ1v) is 4.26. The molecule has 5 heteroatoms. The number of carboxylic acid groups (broad SMARTS) is 1. The lowest BCUT2D eigenvalue weighted by Crippen LogP contribution is -2.11. The fourth-order valence-corrected chi connectivity index (χ4v) is 1.28. The summed E-state index contributed by atoms with van der Waals surface area (Å²) in [6.07, 6.45) is -1.73. The monoisotopic (exact) mass is 212 g/mol. The van der Waals surface area contributed by atoms with E-state index < -0.39 is 12.1 Å². The molecule has 0 saturated carbocycles. The standard InChI is InChI=1S/C10H12O5/c1-5-7(15-2)4-3-6(8(5)11)9(12)10(13)14/h3-4,9,11-12H,1-2H3,(H,13,14). The average molecular weight is 212 g/mol. The van der Waals surface area contributed by atoms with Crippen LogP contribution in [0.3, 0.4) is 0 Å². The van der Waals surface area contributed by atoms with Crippen molar-refractivity contribution < 1.29 is 24.9 Å². The molecular formula is C10H12O5. The number of benzene rings is 1. The molecule has 0 radical (unpaired) electrons. The van der Waals surface area contributed by atoms with Crippen LogP contribution in [0.15, 0.2) is 12.1 Å². The Hall–Kier alpha value is -1.75. The van der Waals surface area contributed by atoms with E-state index in [0.717, 1.165) is 0 Å². The van der Waals surface area contributed by atoms with Gasteiger partial charge in [-0.05, 0) is 19.1 Å². The zero-order valence-electron chi connectivity index (χ0n) is 8.39. The Morgan fingerprint density at radius 1 is 1.47 bits per heavy atom. The van der Waals surface area contributed by atoms with E-state index in [4.69, 9.17) is 9.84 Å². The van der Waals surface area contributed by atoms with Crippen LogP contribution >= 0.6 is 0 Å². The molecule has 0 bridgehead atoms. The number of rotatable bonds is 3. The first-order chi connectivity index (χ1) is 6.99. The van der Waals surface area contributed by atoms with Crippen molar-refractivity contribution in [1.29, 1.82) is 0 Å². The highest BCUT2D eigenvalue weighted by Gasteiger charge is 2.21. The maximum atomic E-state index is 10.5. The zero-order valence-corrected chi connectivity index (χ0v) is 8.39. The second-order valence-corrected chi connectivity index (χ2v) is 3.07. The second kappa shape index (κ2) is 4.18. The van der Waals surface area contributed by atoms with E-state index in [-0.39, 0.29) is 11.3 Å². The van der Waals surface area contributed by atoms with E-state index in [0.29, 0.717) is 11.3 Å². The predicted octanol–water partition coefficient (Wildman–Crippen LogP) is 0.827. The van der Waals surface area contributed by atoms with Crippen molar-refractivity contribution in [2.75, 3.05) is 7.11 Å². The van der Waals surface area contributed by atoms with Crippen LogP contribution in [0.25, 0.3) is 0 Å². The van der Waals surface area contributed by atoms with E-state index in [1.165, 1.54) is 19.2 Å². The molecule has 0 aliphatic heterocycles. The molecule has 5 nitrogen and oxygen atoms in total. The molecule has 0 spiro atoms. The molecule has 3 N–H and O–H groups in total. The molecule has 82 valence electrons. The van der Waals surface area contributed by atoms with Gasteiger partial charge in [0.15, 0.2) is 6.10 Å². The van der Waals surface area contributed by atoms with Crippen LogP contribution < -0.4 is 4.74 Å². The highest BCUT2D eigenvalue weighted by atomic mass is 16.5. The largest absolute Gasteiger partial charge is 0.507 e. The summed E-state index contributed by atoms with van der Waals surface area (Å²) in [7, 11) is 1.44. The molecule has 0 heterocycles. The number of ether oxygens (including phenoxy) is 1. The van der Waals surface area contributed by atoms with Crippen molar-refractivity contribution in [3.63, 3.8) is 0 Å². The Labute approximate surface area is 86.5 Å². The molecule has 1 unspecified atom stereocenters. The van der Waals surface area contributed by atoms with E-state index in [1.807, 2.05) is 0 Å². The number of aliphatic hydroxyl groups excluding tert-OH is 1. The Balaban J connectivity index is 3.23.